The standard InChI is InChI=1S/C12H10ClNO2/c1-8-3-2-5-14-10(8)7-11(15)9-4-6-16-12(9)13/h2-6H,7H2,1H3. The van der Waals surface area contributed by atoms with Crippen LogP contribution in [0.15, 0.2) is 35.1 Å². The molecule has 82 valence electrons. The molecule has 2 heterocycles. The molecule has 4 heteroatoms. The highest BCUT2D eigenvalue weighted by Crippen LogP contribution is 2.19. The maximum atomic E-state index is 11.9. The van der Waals surface area contributed by atoms with E-state index in [9.17, 15) is 4.79 Å². The molecule has 0 aliphatic rings. The van der Waals surface area contributed by atoms with E-state index in [2.05, 4.69) is 4.98 Å². The number of furan rings is 1. The molecule has 16 heavy (non-hydrogen) atoms. The van der Waals surface area contributed by atoms with Crippen LogP contribution in [0.25, 0.3) is 0 Å². The molecule has 0 spiro atoms. The summed E-state index contributed by atoms with van der Waals surface area (Å²) in [5.74, 6) is -0.0828. The lowest BCUT2D eigenvalue weighted by molar-refractivity contribution is 0.0991. The molecule has 0 radical (unpaired) electrons. The highest BCUT2D eigenvalue weighted by Gasteiger charge is 2.14. The number of ketones is 1. The van der Waals surface area contributed by atoms with Gasteiger partial charge in [-0.25, -0.2) is 0 Å². The minimum absolute atomic E-state index is 0.0828. The fraction of sp³-hybridized carbons (Fsp3) is 0.167. The number of aryl methyl sites for hydroxylation is 1. The molecule has 0 unspecified atom stereocenters. The van der Waals surface area contributed by atoms with E-state index in [1.807, 2.05) is 19.1 Å². The second kappa shape index (κ2) is 4.49. The summed E-state index contributed by atoms with van der Waals surface area (Å²) >= 11 is 5.73. The number of carbonyl (C=O) groups excluding carboxylic acids is 1. The number of hydrogen-bond acceptors (Lipinski definition) is 3. The Morgan fingerprint density at radius 2 is 2.31 bits per heavy atom. The van der Waals surface area contributed by atoms with Crippen molar-refractivity contribution in [2.24, 2.45) is 0 Å². The number of pyridine rings is 1. The van der Waals surface area contributed by atoms with Crippen molar-refractivity contribution in [2.45, 2.75) is 13.3 Å². The average molecular weight is 236 g/mol. The summed E-state index contributed by atoms with van der Waals surface area (Å²) < 4.78 is 4.88. The van der Waals surface area contributed by atoms with E-state index in [-0.39, 0.29) is 17.4 Å². The number of aromatic nitrogens is 1. The van der Waals surface area contributed by atoms with Gasteiger partial charge in [0.2, 0.25) is 5.22 Å². The first-order chi connectivity index (χ1) is 7.68. The van der Waals surface area contributed by atoms with Crippen molar-refractivity contribution in [3.63, 3.8) is 0 Å². The van der Waals surface area contributed by atoms with E-state index in [0.29, 0.717) is 5.56 Å². The summed E-state index contributed by atoms with van der Waals surface area (Å²) in [6.07, 6.45) is 3.32. The zero-order valence-corrected chi connectivity index (χ0v) is 9.49. The SMILES string of the molecule is Cc1cccnc1CC(=O)c1ccoc1Cl. The second-order valence-electron chi connectivity index (χ2n) is 3.47. The molecule has 0 aromatic carbocycles. The predicted octanol–water partition coefficient (Wildman–Crippen LogP) is 3.06. The molecule has 0 fully saturated rings. The third-order valence-electron chi connectivity index (χ3n) is 2.36. The number of carbonyl (C=O) groups is 1. The first-order valence-corrected chi connectivity index (χ1v) is 5.23. The first-order valence-electron chi connectivity index (χ1n) is 4.85. The molecule has 0 aliphatic carbocycles. The van der Waals surface area contributed by atoms with E-state index in [1.165, 1.54) is 6.26 Å². The Balaban J connectivity index is 2.21. The van der Waals surface area contributed by atoms with Crippen LogP contribution in [-0.2, 0) is 6.42 Å². The highest BCUT2D eigenvalue weighted by atomic mass is 35.5. The quantitative estimate of drug-likeness (QED) is 0.768. The van der Waals surface area contributed by atoms with Crippen LogP contribution >= 0.6 is 11.6 Å². The van der Waals surface area contributed by atoms with Gasteiger partial charge in [-0.3, -0.25) is 9.78 Å². The van der Waals surface area contributed by atoms with E-state index in [1.54, 1.807) is 12.3 Å². The van der Waals surface area contributed by atoms with Gasteiger partial charge in [-0.15, -0.1) is 0 Å². The molecule has 0 aliphatic heterocycles. The van der Waals surface area contributed by atoms with Crippen LogP contribution in [-0.4, -0.2) is 10.8 Å². The summed E-state index contributed by atoms with van der Waals surface area (Å²) in [7, 11) is 0. The summed E-state index contributed by atoms with van der Waals surface area (Å²) in [6.45, 7) is 1.92. The van der Waals surface area contributed by atoms with Crippen LogP contribution < -0.4 is 0 Å². The van der Waals surface area contributed by atoms with Crippen LogP contribution in [0.2, 0.25) is 5.22 Å². The van der Waals surface area contributed by atoms with Crippen molar-refractivity contribution >= 4 is 17.4 Å². The van der Waals surface area contributed by atoms with E-state index < -0.39 is 0 Å². The first kappa shape index (κ1) is 10.9. The van der Waals surface area contributed by atoms with Gasteiger partial charge in [-0.2, -0.15) is 0 Å². The van der Waals surface area contributed by atoms with Crippen molar-refractivity contribution in [1.29, 1.82) is 0 Å². The Kier molecular flexibility index (Phi) is 3.06. The summed E-state index contributed by atoms with van der Waals surface area (Å²) in [4.78, 5) is 16.0. The van der Waals surface area contributed by atoms with Crippen molar-refractivity contribution < 1.29 is 9.21 Å². The molecule has 2 aromatic heterocycles. The van der Waals surface area contributed by atoms with E-state index >= 15 is 0 Å². The lowest BCUT2D eigenvalue weighted by atomic mass is 10.1. The largest absolute Gasteiger partial charge is 0.452 e. The van der Waals surface area contributed by atoms with Crippen LogP contribution in [0.1, 0.15) is 21.6 Å². The zero-order chi connectivity index (χ0) is 11.5. The van der Waals surface area contributed by atoms with Crippen LogP contribution in [0.3, 0.4) is 0 Å². The lowest BCUT2D eigenvalue weighted by Gasteiger charge is -2.02. The monoisotopic (exact) mass is 235 g/mol. The van der Waals surface area contributed by atoms with Gasteiger partial charge in [0.15, 0.2) is 5.78 Å². The number of nitrogens with zero attached hydrogens (tertiary/aromatic N) is 1. The molecule has 2 aromatic rings. The smallest absolute Gasteiger partial charge is 0.203 e. The minimum atomic E-state index is -0.0828. The molecule has 0 N–H and O–H groups in total. The van der Waals surface area contributed by atoms with Crippen molar-refractivity contribution in [1.82, 2.24) is 4.98 Å². The molecule has 0 saturated carbocycles. The predicted molar refractivity (Wildman–Crippen MR) is 60.7 cm³/mol. The van der Waals surface area contributed by atoms with Gasteiger partial charge >= 0.3 is 0 Å². The molecule has 0 amide bonds. The van der Waals surface area contributed by atoms with E-state index in [4.69, 9.17) is 16.0 Å². The molecule has 3 nitrogen and oxygen atoms in total. The normalized spacial score (nSPS) is 10.4. The molecular formula is C12H10ClNO2. The number of halogens is 1. The summed E-state index contributed by atoms with van der Waals surface area (Å²) in [6, 6.07) is 5.34. The second-order valence-corrected chi connectivity index (χ2v) is 3.82. The van der Waals surface area contributed by atoms with Crippen molar-refractivity contribution in [3.05, 3.63) is 52.7 Å². The number of Topliss-reactive ketones (excluding diaryl/α,β-unsaturated/α-hetero) is 1. The maximum absolute atomic E-state index is 11.9. The topological polar surface area (TPSA) is 43.1 Å². The zero-order valence-electron chi connectivity index (χ0n) is 8.74. The number of hydrogen-bond donors (Lipinski definition) is 0. The van der Waals surface area contributed by atoms with Crippen LogP contribution in [0, 0.1) is 6.92 Å². The third kappa shape index (κ3) is 2.14. The van der Waals surface area contributed by atoms with Gasteiger partial charge in [-0.1, -0.05) is 6.07 Å². The van der Waals surface area contributed by atoms with Crippen LogP contribution in [0.5, 0.6) is 0 Å². The van der Waals surface area contributed by atoms with Crippen molar-refractivity contribution in [3.8, 4) is 0 Å². The maximum Gasteiger partial charge on any atom is 0.203 e. The molecule has 2 rings (SSSR count). The van der Waals surface area contributed by atoms with Gasteiger partial charge in [0.05, 0.1) is 23.9 Å². The molecule has 0 bridgehead atoms. The average Bonchev–Trinajstić information content (AvgIpc) is 2.68. The highest BCUT2D eigenvalue weighted by molar-refractivity contribution is 6.32. The van der Waals surface area contributed by atoms with E-state index in [0.717, 1.165) is 11.3 Å². The molecular weight excluding hydrogens is 226 g/mol. The van der Waals surface area contributed by atoms with Crippen molar-refractivity contribution in [2.75, 3.05) is 0 Å². The Labute approximate surface area is 98.1 Å². The van der Waals surface area contributed by atoms with Crippen LogP contribution in [0.4, 0.5) is 0 Å². The fourth-order valence-corrected chi connectivity index (χ4v) is 1.66. The Morgan fingerprint density at radius 1 is 1.50 bits per heavy atom. The molecule has 0 atom stereocenters. The minimum Gasteiger partial charge on any atom is -0.452 e. The Bertz CT molecular complexity index is 519. The Hall–Kier alpha value is -1.61. The van der Waals surface area contributed by atoms with Gasteiger partial charge in [0.25, 0.3) is 0 Å². The van der Waals surface area contributed by atoms with Gasteiger partial charge in [0.1, 0.15) is 0 Å². The molecule has 0 saturated heterocycles. The third-order valence-corrected chi connectivity index (χ3v) is 2.66. The Morgan fingerprint density at radius 3 is 2.94 bits per heavy atom. The fourth-order valence-electron chi connectivity index (χ4n) is 1.44. The van der Waals surface area contributed by atoms with Gasteiger partial charge in [0, 0.05) is 6.20 Å². The summed E-state index contributed by atoms with van der Waals surface area (Å²) in [5.41, 5.74) is 2.17. The van der Waals surface area contributed by atoms with Gasteiger partial charge in [-0.05, 0) is 36.2 Å². The summed E-state index contributed by atoms with van der Waals surface area (Å²) in [5, 5.41) is 0.138. The lowest BCUT2D eigenvalue weighted by Crippen LogP contribution is -2.05. The number of rotatable bonds is 3. The van der Waals surface area contributed by atoms with Gasteiger partial charge < -0.3 is 4.42 Å².